The summed E-state index contributed by atoms with van der Waals surface area (Å²) in [5, 5.41) is 9.10. The van der Waals surface area contributed by atoms with Gasteiger partial charge in [0, 0.05) is 50.3 Å². The van der Waals surface area contributed by atoms with Crippen LogP contribution in [0.15, 0.2) is 40.8 Å². The zero-order valence-electron chi connectivity index (χ0n) is 18.8. The van der Waals surface area contributed by atoms with E-state index in [9.17, 15) is 0 Å². The monoisotopic (exact) mass is 570 g/mol. The summed E-state index contributed by atoms with van der Waals surface area (Å²) < 4.78 is 5.56. The van der Waals surface area contributed by atoms with Gasteiger partial charge in [-0.2, -0.15) is 0 Å². The molecule has 2 aliphatic heterocycles. The van der Waals surface area contributed by atoms with Crippen molar-refractivity contribution in [3.05, 3.63) is 46.3 Å². The maximum atomic E-state index is 5.56. The van der Waals surface area contributed by atoms with Crippen LogP contribution in [0.1, 0.15) is 36.2 Å². The first-order valence-electron chi connectivity index (χ1n) is 11.4. The number of guanidine groups is 1. The predicted molar refractivity (Wildman–Crippen MR) is 143 cm³/mol. The number of nitrogens with zero attached hydrogens (tertiary/aromatic N) is 4. The largest absolute Gasteiger partial charge is 0.379 e. The van der Waals surface area contributed by atoms with Crippen molar-refractivity contribution < 1.29 is 4.74 Å². The lowest BCUT2D eigenvalue weighted by Gasteiger charge is -2.34. The number of aromatic nitrogens is 1. The van der Waals surface area contributed by atoms with E-state index in [2.05, 4.69) is 62.0 Å². The number of pyridine rings is 1. The summed E-state index contributed by atoms with van der Waals surface area (Å²) in [6.07, 6.45) is 4.49. The Balaban J connectivity index is 0.00000289. The van der Waals surface area contributed by atoms with Crippen LogP contribution in [0, 0.1) is 0 Å². The molecule has 4 heterocycles. The Labute approximate surface area is 212 Å². The van der Waals surface area contributed by atoms with Gasteiger partial charge in [-0.1, -0.05) is 12.1 Å². The first kappa shape index (κ1) is 25.2. The van der Waals surface area contributed by atoms with Gasteiger partial charge in [-0.25, -0.2) is 9.98 Å². The topological polar surface area (TPSA) is 65.0 Å². The number of ether oxygens (including phenoxy) is 1. The molecular formula is C23H35IN6OS. The van der Waals surface area contributed by atoms with Crippen LogP contribution < -0.4 is 15.5 Å². The Morgan fingerprint density at radius 2 is 1.97 bits per heavy atom. The fourth-order valence-corrected chi connectivity index (χ4v) is 4.99. The molecule has 176 valence electrons. The molecule has 2 aliphatic rings. The van der Waals surface area contributed by atoms with Gasteiger partial charge >= 0.3 is 0 Å². The van der Waals surface area contributed by atoms with Crippen molar-refractivity contribution in [2.24, 2.45) is 4.99 Å². The van der Waals surface area contributed by atoms with Gasteiger partial charge in [0.2, 0.25) is 0 Å². The lowest BCUT2D eigenvalue weighted by Crippen LogP contribution is -2.46. The summed E-state index contributed by atoms with van der Waals surface area (Å²) in [6.45, 7) is 10.1. The summed E-state index contributed by atoms with van der Waals surface area (Å²) in [5.41, 5.74) is 1.13. The maximum absolute atomic E-state index is 5.56. The normalized spacial score (nSPS) is 18.3. The van der Waals surface area contributed by atoms with Crippen LogP contribution in [0.4, 0.5) is 5.82 Å². The minimum Gasteiger partial charge on any atom is -0.379 e. The van der Waals surface area contributed by atoms with Crippen molar-refractivity contribution in [1.29, 1.82) is 0 Å². The molecule has 0 aromatic carbocycles. The van der Waals surface area contributed by atoms with Gasteiger partial charge in [0.05, 0.1) is 25.8 Å². The highest BCUT2D eigenvalue weighted by atomic mass is 127. The van der Waals surface area contributed by atoms with Gasteiger partial charge in [-0.15, -0.1) is 35.3 Å². The van der Waals surface area contributed by atoms with Gasteiger partial charge in [-0.3, -0.25) is 4.90 Å². The fourth-order valence-electron chi connectivity index (χ4n) is 4.13. The molecule has 0 bridgehead atoms. The van der Waals surface area contributed by atoms with Crippen LogP contribution >= 0.6 is 35.3 Å². The van der Waals surface area contributed by atoms with E-state index < -0.39 is 0 Å². The van der Waals surface area contributed by atoms with Crippen LogP contribution in [0.5, 0.6) is 0 Å². The lowest BCUT2D eigenvalue weighted by atomic mass is 10.2. The van der Waals surface area contributed by atoms with E-state index in [1.807, 2.05) is 17.5 Å². The summed E-state index contributed by atoms with van der Waals surface area (Å²) in [6, 6.07) is 8.96. The molecule has 32 heavy (non-hydrogen) atoms. The third-order valence-electron chi connectivity index (χ3n) is 5.82. The summed E-state index contributed by atoms with van der Waals surface area (Å²) >= 11 is 1.82. The minimum atomic E-state index is 0. The Hall–Kier alpha value is -1.43. The predicted octanol–water partition coefficient (Wildman–Crippen LogP) is 3.49. The van der Waals surface area contributed by atoms with Gasteiger partial charge < -0.3 is 20.3 Å². The summed E-state index contributed by atoms with van der Waals surface area (Å²) in [4.78, 5) is 15.7. The molecule has 0 amide bonds. The molecule has 1 atom stereocenters. The van der Waals surface area contributed by atoms with Crippen molar-refractivity contribution in [2.75, 3.05) is 57.4 Å². The zero-order valence-corrected chi connectivity index (χ0v) is 22.0. The Bertz CT molecular complexity index is 804. The van der Waals surface area contributed by atoms with Gasteiger partial charge in [0.25, 0.3) is 0 Å². The molecule has 2 N–H and O–H groups in total. The molecule has 2 fully saturated rings. The molecule has 4 rings (SSSR count). The maximum Gasteiger partial charge on any atom is 0.191 e. The van der Waals surface area contributed by atoms with Gasteiger partial charge in [0.1, 0.15) is 5.82 Å². The highest BCUT2D eigenvalue weighted by Crippen LogP contribution is 2.25. The van der Waals surface area contributed by atoms with E-state index in [1.165, 1.54) is 17.7 Å². The first-order valence-corrected chi connectivity index (χ1v) is 12.3. The standard InChI is InChI=1S/C23H34N6OS.HI/c1-2-24-23(26-17-19-7-8-22(25-16-19)29-9-3-4-10-29)27-18-20(21-6-5-15-31-21)28-11-13-30-14-12-28;/h5-8,15-16,20H,2-4,9-14,17-18H2,1H3,(H2,24,26,27);1H. The fraction of sp³-hybridized carbons (Fsp3) is 0.565. The number of aliphatic imine (C=N–C) groups is 1. The number of hydrogen-bond donors (Lipinski definition) is 2. The molecule has 9 heteroatoms. The zero-order chi connectivity index (χ0) is 21.3. The van der Waals surface area contributed by atoms with Crippen LogP contribution in [0.2, 0.25) is 0 Å². The Kier molecular flexibility index (Phi) is 10.5. The second-order valence-electron chi connectivity index (χ2n) is 7.97. The van der Waals surface area contributed by atoms with Crippen molar-refractivity contribution >= 4 is 47.1 Å². The van der Waals surface area contributed by atoms with Crippen LogP contribution in [-0.2, 0) is 11.3 Å². The quantitative estimate of drug-likeness (QED) is 0.288. The van der Waals surface area contributed by atoms with E-state index in [4.69, 9.17) is 9.73 Å². The number of thiophene rings is 1. The number of nitrogens with one attached hydrogen (secondary N) is 2. The lowest BCUT2D eigenvalue weighted by molar-refractivity contribution is 0.0177. The van der Waals surface area contributed by atoms with Crippen molar-refractivity contribution in [3.63, 3.8) is 0 Å². The second-order valence-corrected chi connectivity index (χ2v) is 8.95. The van der Waals surface area contributed by atoms with E-state index in [0.717, 1.165) is 69.8 Å². The molecule has 1 unspecified atom stereocenters. The molecule has 0 saturated carbocycles. The molecule has 0 radical (unpaired) electrons. The molecule has 7 nitrogen and oxygen atoms in total. The van der Waals surface area contributed by atoms with Gasteiger partial charge in [0.15, 0.2) is 5.96 Å². The van der Waals surface area contributed by atoms with E-state index in [1.54, 1.807) is 0 Å². The third-order valence-corrected chi connectivity index (χ3v) is 6.80. The summed E-state index contributed by atoms with van der Waals surface area (Å²) in [7, 11) is 0. The second kappa shape index (κ2) is 13.3. The molecule has 2 aromatic rings. The Morgan fingerprint density at radius 3 is 2.62 bits per heavy atom. The van der Waals surface area contributed by atoms with Crippen LogP contribution in [-0.4, -0.2) is 68.3 Å². The smallest absolute Gasteiger partial charge is 0.191 e. The number of halogens is 1. The van der Waals surface area contributed by atoms with Gasteiger partial charge in [-0.05, 0) is 42.8 Å². The molecule has 0 spiro atoms. The highest BCUT2D eigenvalue weighted by Gasteiger charge is 2.23. The average Bonchev–Trinajstić information content (AvgIpc) is 3.53. The van der Waals surface area contributed by atoms with E-state index >= 15 is 0 Å². The number of morpholine rings is 1. The van der Waals surface area contributed by atoms with E-state index in [-0.39, 0.29) is 24.0 Å². The number of anilines is 1. The molecule has 0 aliphatic carbocycles. The first-order chi connectivity index (χ1) is 15.3. The van der Waals surface area contributed by atoms with Crippen molar-refractivity contribution in [2.45, 2.75) is 32.4 Å². The average molecular weight is 571 g/mol. The van der Waals surface area contributed by atoms with Crippen molar-refractivity contribution in [1.82, 2.24) is 20.5 Å². The minimum absolute atomic E-state index is 0. The SMILES string of the molecule is CCNC(=NCc1ccc(N2CCCC2)nc1)NCC(c1cccs1)N1CCOCC1.I. The van der Waals surface area contributed by atoms with Crippen LogP contribution in [0.3, 0.4) is 0 Å². The molecular weight excluding hydrogens is 535 g/mol. The third kappa shape index (κ3) is 7.03. The molecule has 2 aromatic heterocycles. The van der Waals surface area contributed by atoms with Crippen LogP contribution in [0.25, 0.3) is 0 Å². The Morgan fingerprint density at radius 1 is 1.16 bits per heavy atom. The molecule has 2 saturated heterocycles. The summed E-state index contributed by atoms with van der Waals surface area (Å²) in [5.74, 6) is 1.93. The van der Waals surface area contributed by atoms with Crippen molar-refractivity contribution in [3.8, 4) is 0 Å². The number of hydrogen-bond acceptors (Lipinski definition) is 6. The van der Waals surface area contributed by atoms with E-state index in [0.29, 0.717) is 12.6 Å². The highest BCUT2D eigenvalue weighted by molar-refractivity contribution is 14.0. The number of rotatable bonds is 8.